The van der Waals surface area contributed by atoms with Crippen molar-refractivity contribution in [3.63, 3.8) is 0 Å². The smallest absolute Gasteiger partial charge is 0.429 e. The largest absolute Gasteiger partial charge is 0.509 e. The van der Waals surface area contributed by atoms with E-state index in [1.807, 2.05) is 0 Å². The lowest BCUT2D eigenvalue weighted by molar-refractivity contribution is -0.299. The third-order valence-electron chi connectivity index (χ3n) is 8.87. The molecule has 2 aromatic rings. The maximum absolute atomic E-state index is 14.2. The summed E-state index contributed by atoms with van der Waals surface area (Å²) in [4.78, 5) is 28.9. The minimum atomic E-state index is -5.64. The first-order valence-electron chi connectivity index (χ1n) is 18.2. The predicted molar refractivity (Wildman–Crippen MR) is 189 cm³/mol. The normalized spacial score (nSPS) is 25.6. The molecule has 0 saturated carbocycles. The second-order valence-electron chi connectivity index (χ2n) is 13.2. The fraction of sp³-hybridized carbons (Fsp3) is 0.595. The molecule has 59 heavy (non-hydrogen) atoms. The van der Waals surface area contributed by atoms with E-state index in [1.54, 1.807) is 67.6 Å². The zero-order valence-corrected chi connectivity index (χ0v) is 32.9. The van der Waals surface area contributed by atoms with Crippen LogP contribution in [0.15, 0.2) is 60.7 Å². The lowest BCUT2D eigenvalue weighted by Gasteiger charge is -2.28. The first-order valence-corrected chi connectivity index (χ1v) is 19.7. The number of phosphoric acid groups is 1. The molecular weight excluding hydrogens is 827 g/mol. The van der Waals surface area contributed by atoms with E-state index in [1.165, 1.54) is 13.8 Å². The molecule has 0 spiro atoms. The van der Waals surface area contributed by atoms with Crippen LogP contribution in [0.3, 0.4) is 0 Å². The maximum atomic E-state index is 14.2. The lowest BCUT2D eigenvalue weighted by Crippen LogP contribution is -2.41. The van der Waals surface area contributed by atoms with Gasteiger partial charge in [-0.2, -0.15) is 26.3 Å². The van der Waals surface area contributed by atoms with E-state index in [2.05, 4.69) is 9.58 Å². The van der Waals surface area contributed by atoms with Crippen LogP contribution >= 0.6 is 7.82 Å². The molecule has 3 unspecified atom stereocenters. The molecule has 2 aliphatic heterocycles. The Kier molecular flexibility index (Phi) is 17.8. The second-order valence-corrected chi connectivity index (χ2v) is 14.8. The Morgan fingerprint density at radius 1 is 0.780 bits per heavy atom. The molecular formula is C37H44F6NO14P. The minimum absolute atomic E-state index is 0.151. The number of nitrogens with zero attached hydrogens (tertiary/aromatic N) is 1. The van der Waals surface area contributed by atoms with Crippen molar-refractivity contribution in [3.8, 4) is 0 Å². The van der Waals surface area contributed by atoms with Gasteiger partial charge in [0.2, 0.25) is 6.54 Å². The first kappa shape index (κ1) is 47.7. The number of hydrogen-bond acceptors (Lipinski definition) is 14. The topological polar surface area (TPSA) is 157 Å². The van der Waals surface area contributed by atoms with Crippen LogP contribution in [0.4, 0.5) is 35.9 Å². The fourth-order valence-electron chi connectivity index (χ4n) is 5.95. The molecule has 2 heterocycles. The second kappa shape index (κ2) is 22.0. The highest BCUT2D eigenvalue weighted by atomic mass is 31.2. The third kappa shape index (κ3) is 14.6. The summed E-state index contributed by atoms with van der Waals surface area (Å²) in [7, 11) is -4.82. The van der Waals surface area contributed by atoms with Crippen molar-refractivity contribution in [1.29, 1.82) is 0 Å². The van der Waals surface area contributed by atoms with Gasteiger partial charge in [-0.15, -0.1) is 0 Å². The monoisotopic (exact) mass is 871 g/mol. The molecule has 0 bridgehead atoms. The van der Waals surface area contributed by atoms with Crippen LogP contribution in [-0.2, 0) is 69.2 Å². The summed E-state index contributed by atoms with van der Waals surface area (Å²) in [5, 5.41) is 0. The molecule has 0 aliphatic carbocycles. The Morgan fingerprint density at radius 3 is 1.83 bits per heavy atom. The van der Waals surface area contributed by atoms with E-state index in [-0.39, 0.29) is 26.2 Å². The van der Waals surface area contributed by atoms with Crippen LogP contribution in [0.5, 0.6) is 0 Å². The van der Waals surface area contributed by atoms with Crippen molar-refractivity contribution in [1.82, 2.24) is 0 Å². The fourth-order valence-corrected chi connectivity index (χ4v) is 7.33. The van der Waals surface area contributed by atoms with Crippen molar-refractivity contribution < 1.29 is 92.0 Å². The van der Waals surface area contributed by atoms with Gasteiger partial charge < -0.3 is 42.7 Å². The van der Waals surface area contributed by atoms with Crippen LogP contribution in [0.1, 0.15) is 38.3 Å². The van der Waals surface area contributed by atoms with Gasteiger partial charge in [0.15, 0.2) is 18.1 Å². The number of ether oxygens (including phenoxy) is 8. The Balaban J connectivity index is 1.49. The van der Waals surface area contributed by atoms with Crippen molar-refractivity contribution in [3.05, 3.63) is 83.2 Å². The standard InChI is InChI=1S/C37H44F6NO14P/c1-5-27-33(30(23(2)54-27)51-22-48-21-29(36(38,39)40)37(41,42)43)58-59(47,52-17-16-44-4)53-20-28-32(57-35(46)50-19-26-14-10-7-11-15-26)31(24(3)55-28)56-34(45)49-18-25-12-8-6-9-13-25/h6-15,23-24,27-33H,5,16-22H2,1-3H3/t23-,24-,27+,28+,30+,31+,32?,33?,59?/m0/s1. The summed E-state index contributed by atoms with van der Waals surface area (Å²) >= 11 is 0. The average Bonchev–Trinajstić information content (AvgIpc) is 3.64. The first-order chi connectivity index (χ1) is 27.9. The van der Waals surface area contributed by atoms with Crippen LogP contribution in [0.2, 0.25) is 0 Å². The Morgan fingerprint density at radius 2 is 1.31 bits per heavy atom. The number of alkyl halides is 6. The van der Waals surface area contributed by atoms with Gasteiger partial charge in [-0.05, 0) is 31.4 Å². The molecule has 2 aliphatic rings. The molecule has 0 N–H and O–H groups in total. The Hall–Kier alpha value is -4.00. The van der Waals surface area contributed by atoms with Crippen LogP contribution in [-0.4, -0.2) is 107 Å². The van der Waals surface area contributed by atoms with Gasteiger partial charge in [-0.25, -0.2) is 20.7 Å². The van der Waals surface area contributed by atoms with Gasteiger partial charge in [-0.3, -0.25) is 13.6 Å². The summed E-state index contributed by atoms with van der Waals surface area (Å²) in [6.45, 7) is 6.98. The summed E-state index contributed by atoms with van der Waals surface area (Å²) in [6.07, 6.45) is -23.0. The minimum Gasteiger partial charge on any atom is -0.429 e. The summed E-state index contributed by atoms with van der Waals surface area (Å²) in [5.41, 5.74) is 1.28. The van der Waals surface area contributed by atoms with Gasteiger partial charge >= 0.3 is 32.5 Å². The molecule has 9 atom stereocenters. The van der Waals surface area contributed by atoms with Crippen LogP contribution in [0, 0.1) is 12.5 Å². The summed E-state index contributed by atoms with van der Waals surface area (Å²) in [5.74, 6) is -3.78. The van der Waals surface area contributed by atoms with Gasteiger partial charge in [0.05, 0.1) is 31.5 Å². The zero-order chi connectivity index (χ0) is 43.2. The Labute approximate surface area is 335 Å². The quantitative estimate of drug-likeness (QED) is 0.0315. The molecule has 2 fully saturated rings. The molecule has 2 aromatic carbocycles. The Bertz CT molecular complexity index is 1690. The highest BCUT2D eigenvalue weighted by Gasteiger charge is 2.57. The van der Waals surface area contributed by atoms with Gasteiger partial charge in [0, 0.05) is 0 Å². The number of halogens is 6. The van der Waals surface area contributed by atoms with E-state index in [9.17, 15) is 40.5 Å². The van der Waals surface area contributed by atoms with Crippen molar-refractivity contribution in [2.75, 3.05) is 33.2 Å². The van der Waals surface area contributed by atoms with Crippen molar-refractivity contribution in [2.24, 2.45) is 5.92 Å². The lowest BCUT2D eigenvalue weighted by atomic mass is 10.1. The summed E-state index contributed by atoms with van der Waals surface area (Å²) < 4.78 is 153. The number of carbonyl (C=O) groups is 2. The van der Waals surface area contributed by atoms with Crippen molar-refractivity contribution in [2.45, 2.75) is 102 Å². The van der Waals surface area contributed by atoms with Gasteiger partial charge in [-0.1, -0.05) is 67.6 Å². The van der Waals surface area contributed by atoms with Gasteiger partial charge in [0.1, 0.15) is 44.9 Å². The van der Waals surface area contributed by atoms with E-state index in [0.717, 1.165) is 0 Å². The molecule has 0 amide bonds. The number of phosphoric ester groups is 1. The molecule has 4 rings (SSSR count). The highest BCUT2D eigenvalue weighted by molar-refractivity contribution is 7.48. The van der Waals surface area contributed by atoms with Crippen LogP contribution in [0.25, 0.3) is 4.85 Å². The van der Waals surface area contributed by atoms with E-state index < -0.39 is 114 Å². The van der Waals surface area contributed by atoms with E-state index in [4.69, 9.17) is 53.3 Å². The molecule has 0 radical (unpaired) electrons. The van der Waals surface area contributed by atoms with E-state index >= 15 is 0 Å². The number of benzene rings is 2. The SMILES string of the molecule is [C-]#[N+]CCOP(=O)(OC[C@H]1O[C@@H](C)[C@@H](OC(=O)OCc2ccccc2)C1OC(=O)OCc1ccccc1)OC1[C@@H](CC)O[C@@H](C)[C@H]1OCOCC(C(F)(F)F)C(F)(F)F. The van der Waals surface area contributed by atoms with E-state index in [0.29, 0.717) is 11.1 Å². The van der Waals surface area contributed by atoms with Crippen molar-refractivity contribution >= 4 is 20.1 Å². The predicted octanol–water partition coefficient (Wildman–Crippen LogP) is 7.96. The molecule has 0 aromatic heterocycles. The molecule has 15 nitrogen and oxygen atoms in total. The third-order valence-corrected chi connectivity index (χ3v) is 10.3. The van der Waals surface area contributed by atoms with Gasteiger partial charge in [0.25, 0.3) is 0 Å². The molecule has 328 valence electrons. The zero-order valence-electron chi connectivity index (χ0n) is 32.0. The highest BCUT2D eigenvalue weighted by Crippen LogP contribution is 2.53. The number of hydrogen-bond donors (Lipinski definition) is 0. The number of rotatable bonds is 20. The maximum Gasteiger partial charge on any atom is 0.509 e. The average molecular weight is 872 g/mol. The molecule has 2 saturated heterocycles. The van der Waals surface area contributed by atoms with Crippen LogP contribution < -0.4 is 0 Å². The number of carbonyl (C=O) groups excluding carboxylic acids is 2. The molecule has 22 heteroatoms. The summed E-state index contributed by atoms with van der Waals surface area (Å²) in [6, 6.07) is 17.3.